The van der Waals surface area contributed by atoms with Crippen molar-refractivity contribution >= 4 is 11.9 Å². The van der Waals surface area contributed by atoms with Crippen LogP contribution in [0, 0.1) is 0 Å². The zero-order valence-corrected chi connectivity index (χ0v) is 11.6. The van der Waals surface area contributed by atoms with Crippen molar-refractivity contribution in [3.63, 3.8) is 0 Å². The number of rotatable bonds is 8. The molecule has 1 saturated heterocycles. The summed E-state index contributed by atoms with van der Waals surface area (Å²) in [6.45, 7) is 4.74. The average molecular weight is 292 g/mol. The molecule has 1 aliphatic heterocycles. The fourth-order valence-electron chi connectivity index (χ4n) is 2.51. The summed E-state index contributed by atoms with van der Waals surface area (Å²) in [6, 6.07) is 0. The Labute approximate surface area is 118 Å². The minimum absolute atomic E-state index is 0. The number of carbonyl (C=O) groups is 2. The molecule has 0 aromatic heterocycles. The summed E-state index contributed by atoms with van der Waals surface area (Å²) in [4.78, 5) is 23.3. The molecule has 0 atom stereocenters. The van der Waals surface area contributed by atoms with Crippen LogP contribution in [0.15, 0.2) is 0 Å². The van der Waals surface area contributed by atoms with Gasteiger partial charge in [-0.25, -0.2) is 0 Å². The Hall–Kier alpha value is -1.22. The van der Waals surface area contributed by atoms with E-state index in [1.165, 1.54) is 0 Å². The van der Waals surface area contributed by atoms with Gasteiger partial charge in [-0.2, -0.15) is 0 Å². The standard InChI is InChI=1S/C12H22N2O5.H2O/c15-10-9-14(6-2-12(18)19)7-4-13(5-8-14)3-1-11(16)17;/h15H,1-10H2,(H-,16,17,18,19);1H2. The number of aliphatic hydroxyl groups is 1. The lowest BCUT2D eigenvalue weighted by Crippen LogP contribution is -2.61. The summed E-state index contributed by atoms with van der Waals surface area (Å²) < 4.78 is 0.617. The van der Waals surface area contributed by atoms with Crippen molar-refractivity contribution in [3.05, 3.63) is 0 Å². The van der Waals surface area contributed by atoms with Gasteiger partial charge in [0.05, 0.1) is 39.1 Å². The normalized spacial score (nSPS) is 18.2. The van der Waals surface area contributed by atoms with Gasteiger partial charge in [0.2, 0.25) is 0 Å². The molecule has 0 aromatic carbocycles. The van der Waals surface area contributed by atoms with Crippen LogP contribution in [0.5, 0.6) is 0 Å². The summed E-state index contributed by atoms with van der Waals surface area (Å²) in [7, 11) is 0. The van der Waals surface area contributed by atoms with Gasteiger partial charge in [0, 0.05) is 19.6 Å². The van der Waals surface area contributed by atoms with E-state index in [2.05, 4.69) is 4.90 Å². The maximum atomic E-state index is 10.7. The molecule has 0 aromatic rings. The molecule has 0 amide bonds. The molecule has 118 valence electrons. The Balaban J connectivity index is 0.00000361. The van der Waals surface area contributed by atoms with Gasteiger partial charge in [-0.05, 0) is 0 Å². The van der Waals surface area contributed by atoms with Gasteiger partial charge in [0.1, 0.15) is 6.54 Å². The third-order valence-electron chi connectivity index (χ3n) is 3.80. The van der Waals surface area contributed by atoms with Gasteiger partial charge in [-0.15, -0.1) is 0 Å². The zero-order valence-electron chi connectivity index (χ0n) is 11.6. The van der Waals surface area contributed by atoms with Gasteiger partial charge in [-0.3, -0.25) is 14.5 Å². The first-order valence-electron chi connectivity index (χ1n) is 6.59. The highest BCUT2D eigenvalue weighted by molar-refractivity contribution is 5.67. The number of carboxylic acid groups (broad SMARTS) is 2. The van der Waals surface area contributed by atoms with Crippen LogP contribution in [0.25, 0.3) is 0 Å². The lowest BCUT2D eigenvalue weighted by Gasteiger charge is -2.44. The molecule has 0 radical (unpaired) electrons. The van der Waals surface area contributed by atoms with Gasteiger partial charge >= 0.3 is 11.9 Å². The molecule has 8 nitrogen and oxygen atoms in total. The maximum Gasteiger partial charge on any atom is 0.309 e. The third-order valence-corrected chi connectivity index (χ3v) is 3.80. The van der Waals surface area contributed by atoms with E-state index in [1.807, 2.05) is 0 Å². The van der Waals surface area contributed by atoms with Crippen LogP contribution in [0.4, 0.5) is 0 Å². The Morgan fingerprint density at radius 2 is 1.55 bits per heavy atom. The second-order valence-electron chi connectivity index (χ2n) is 5.09. The predicted molar refractivity (Wildman–Crippen MR) is 69.7 cm³/mol. The monoisotopic (exact) mass is 292 g/mol. The fraction of sp³-hybridized carbons (Fsp3) is 0.833. The molecule has 0 spiro atoms. The first-order valence-corrected chi connectivity index (χ1v) is 6.59. The van der Waals surface area contributed by atoms with Crippen LogP contribution >= 0.6 is 0 Å². The van der Waals surface area contributed by atoms with Gasteiger partial charge in [-0.1, -0.05) is 0 Å². The van der Waals surface area contributed by atoms with E-state index in [4.69, 9.17) is 15.3 Å². The van der Waals surface area contributed by atoms with Crippen molar-refractivity contribution < 1.29 is 34.9 Å². The van der Waals surface area contributed by atoms with Crippen LogP contribution in [0.1, 0.15) is 12.8 Å². The number of carboxylic acids is 2. The minimum Gasteiger partial charge on any atom is -0.870 e. The van der Waals surface area contributed by atoms with Crippen molar-refractivity contribution in [2.45, 2.75) is 12.8 Å². The second-order valence-corrected chi connectivity index (χ2v) is 5.09. The zero-order chi connectivity index (χ0) is 14.3. The smallest absolute Gasteiger partial charge is 0.309 e. The van der Waals surface area contributed by atoms with E-state index in [0.717, 1.165) is 26.2 Å². The number of hydrogen-bond donors (Lipinski definition) is 3. The minimum atomic E-state index is -0.816. The summed E-state index contributed by atoms with van der Waals surface area (Å²) in [5.41, 5.74) is 0. The van der Waals surface area contributed by atoms with Gasteiger partial charge in [0.25, 0.3) is 0 Å². The van der Waals surface area contributed by atoms with Crippen molar-refractivity contribution in [2.24, 2.45) is 0 Å². The first kappa shape index (κ1) is 18.8. The highest BCUT2D eigenvalue weighted by atomic mass is 16.4. The second kappa shape index (κ2) is 8.85. The van der Waals surface area contributed by atoms with E-state index in [0.29, 0.717) is 24.1 Å². The van der Waals surface area contributed by atoms with E-state index in [-0.39, 0.29) is 24.9 Å². The summed E-state index contributed by atoms with van der Waals surface area (Å²) in [5, 5.41) is 26.6. The average Bonchev–Trinajstić information content (AvgIpc) is 2.36. The molecule has 8 heteroatoms. The molecule has 1 fully saturated rings. The van der Waals surface area contributed by atoms with Crippen molar-refractivity contribution in [1.29, 1.82) is 0 Å². The number of nitrogens with zero attached hydrogens (tertiary/aromatic N) is 2. The first-order chi connectivity index (χ1) is 8.97. The van der Waals surface area contributed by atoms with Crippen LogP contribution in [-0.4, -0.2) is 94.5 Å². The van der Waals surface area contributed by atoms with Gasteiger partial charge in [0.15, 0.2) is 0 Å². The van der Waals surface area contributed by atoms with E-state index in [1.54, 1.807) is 0 Å². The third kappa shape index (κ3) is 6.29. The predicted octanol–water partition coefficient (Wildman–Crippen LogP) is -1.12. The molecule has 4 N–H and O–H groups in total. The molecular weight excluding hydrogens is 268 g/mol. The topological polar surface area (TPSA) is 128 Å². The Kier molecular flexibility index (Phi) is 8.31. The Bertz CT molecular complexity index is 315. The van der Waals surface area contributed by atoms with Crippen LogP contribution in [0.2, 0.25) is 0 Å². The fourth-order valence-corrected chi connectivity index (χ4v) is 2.51. The molecule has 1 rings (SSSR count). The summed E-state index contributed by atoms with van der Waals surface area (Å²) in [5.74, 6) is -1.61. The molecule has 0 saturated carbocycles. The highest BCUT2D eigenvalue weighted by Gasteiger charge is 2.32. The number of quaternary nitrogens is 1. The summed E-state index contributed by atoms with van der Waals surface area (Å²) >= 11 is 0. The highest BCUT2D eigenvalue weighted by Crippen LogP contribution is 2.14. The van der Waals surface area contributed by atoms with Crippen LogP contribution in [0.3, 0.4) is 0 Å². The van der Waals surface area contributed by atoms with Crippen LogP contribution in [-0.2, 0) is 9.59 Å². The Morgan fingerprint density at radius 1 is 1.00 bits per heavy atom. The number of piperazine rings is 1. The molecule has 0 bridgehead atoms. The van der Waals surface area contributed by atoms with E-state index < -0.39 is 11.9 Å². The van der Waals surface area contributed by atoms with Crippen molar-refractivity contribution in [1.82, 2.24) is 4.90 Å². The van der Waals surface area contributed by atoms with Crippen molar-refractivity contribution in [2.75, 3.05) is 52.4 Å². The quantitative estimate of drug-likeness (QED) is 0.483. The molecular formula is C12H24N2O6. The van der Waals surface area contributed by atoms with Gasteiger partial charge < -0.3 is 25.3 Å². The molecule has 1 heterocycles. The van der Waals surface area contributed by atoms with E-state index in [9.17, 15) is 9.59 Å². The van der Waals surface area contributed by atoms with Crippen molar-refractivity contribution in [3.8, 4) is 0 Å². The molecule has 20 heavy (non-hydrogen) atoms. The molecule has 1 aliphatic rings. The molecule has 0 aliphatic carbocycles. The summed E-state index contributed by atoms with van der Waals surface area (Å²) in [6.07, 6.45) is 0.240. The number of aliphatic hydroxyl groups excluding tert-OH is 1. The van der Waals surface area contributed by atoms with E-state index >= 15 is 0 Å². The lowest BCUT2D eigenvalue weighted by atomic mass is 10.2. The molecule has 0 unspecified atom stereocenters. The van der Waals surface area contributed by atoms with Crippen LogP contribution < -0.4 is 0 Å². The Morgan fingerprint density at radius 3 is 2.00 bits per heavy atom. The SMILES string of the molecule is O=C(O)CCN1CC[N+](CCO)(CCC(=O)O)CC1.[OH-]. The number of aliphatic carboxylic acids is 2. The number of hydrogen-bond acceptors (Lipinski definition) is 5. The largest absolute Gasteiger partial charge is 0.870 e. The lowest BCUT2D eigenvalue weighted by molar-refractivity contribution is -0.931. The maximum absolute atomic E-state index is 10.7.